The molecule has 0 atom stereocenters. The van der Waals surface area contributed by atoms with Gasteiger partial charge in [-0.05, 0) is 33.7 Å². The summed E-state index contributed by atoms with van der Waals surface area (Å²) in [5.74, 6) is -0.327. The maximum atomic E-state index is 12.5. The van der Waals surface area contributed by atoms with Crippen LogP contribution in [0.5, 0.6) is 5.75 Å². The maximum Gasteiger partial charge on any atom is 0.289 e. The lowest BCUT2D eigenvalue weighted by atomic mass is 10.0. The Morgan fingerprint density at radius 1 is 0.903 bits per heavy atom. The predicted octanol–water partition coefficient (Wildman–Crippen LogP) is 4.85. The summed E-state index contributed by atoms with van der Waals surface area (Å²) in [5.41, 5.74) is 4.94. The van der Waals surface area contributed by atoms with Crippen LogP contribution in [0.15, 0.2) is 90.0 Å². The van der Waals surface area contributed by atoms with Crippen LogP contribution in [-0.2, 0) is 0 Å². The molecule has 5 aromatic rings. The summed E-state index contributed by atoms with van der Waals surface area (Å²) in [6.45, 7) is 0. The maximum absolute atomic E-state index is 12.5. The number of aromatic nitrogens is 2. The van der Waals surface area contributed by atoms with Crippen molar-refractivity contribution in [2.24, 2.45) is 5.10 Å². The van der Waals surface area contributed by atoms with Crippen molar-refractivity contribution in [2.45, 2.75) is 0 Å². The standard InChI is InChI=1S/C25H18N4O2/c30-24-13-12-17-7-2-4-10-19(17)21(24)15-26-29-25(31)23-14-22(27-28-23)20-11-5-8-16-6-1-3-9-18(16)20/h1-15,30H,(H,27,28)(H,29,31)/b26-15-. The number of hydrogen-bond donors (Lipinski definition) is 3. The Balaban J connectivity index is 1.38. The van der Waals surface area contributed by atoms with Crippen LogP contribution in [0.2, 0.25) is 0 Å². The Morgan fingerprint density at radius 3 is 2.45 bits per heavy atom. The smallest absolute Gasteiger partial charge is 0.289 e. The molecule has 0 aliphatic rings. The fourth-order valence-electron chi connectivity index (χ4n) is 3.66. The highest BCUT2D eigenvalue weighted by atomic mass is 16.3. The van der Waals surface area contributed by atoms with E-state index in [9.17, 15) is 9.90 Å². The molecule has 1 amide bonds. The lowest BCUT2D eigenvalue weighted by molar-refractivity contribution is 0.0950. The van der Waals surface area contributed by atoms with Gasteiger partial charge in [0.1, 0.15) is 11.4 Å². The SMILES string of the molecule is O=C(N/N=C\c1c(O)ccc2ccccc12)c1cc(-c2cccc3ccccc23)n[nH]1. The van der Waals surface area contributed by atoms with Gasteiger partial charge in [-0.1, -0.05) is 72.8 Å². The summed E-state index contributed by atoms with van der Waals surface area (Å²) in [5, 5.41) is 25.3. The molecule has 150 valence electrons. The average Bonchev–Trinajstić information content (AvgIpc) is 3.30. The third kappa shape index (κ3) is 3.51. The molecule has 31 heavy (non-hydrogen) atoms. The number of benzene rings is 4. The highest BCUT2D eigenvalue weighted by Crippen LogP contribution is 2.28. The van der Waals surface area contributed by atoms with Crippen LogP contribution in [0.25, 0.3) is 32.8 Å². The summed E-state index contributed by atoms with van der Waals surface area (Å²) in [7, 11) is 0. The fraction of sp³-hybridized carbons (Fsp3) is 0. The summed E-state index contributed by atoms with van der Waals surface area (Å²) in [6, 6.07) is 26.8. The second-order valence-electron chi connectivity index (χ2n) is 7.11. The van der Waals surface area contributed by atoms with Crippen molar-refractivity contribution in [3.8, 4) is 17.0 Å². The second kappa shape index (κ2) is 7.76. The number of H-pyrrole nitrogens is 1. The van der Waals surface area contributed by atoms with Crippen molar-refractivity contribution >= 4 is 33.7 Å². The van der Waals surface area contributed by atoms with Gasteiger partial charge in [-0.25, -0.2) is 5.43 Å². The van der Waals surface area contributed by atoms with Gasteiger partial charge in [-0.15, -0.1) is 0 Å². The Hall–Kier alpha value is -4.45. The Bertz CT molecular complexity index is 1450. The number of fused-ring (bicyclic) bond motifs is 2. The first-order valence-corrected chi connectivity index (χ1v) is 9.78. The number of nitrogens with zero attached hydrogens (tertiary/aromatic N) is 2. The number of hydrogen-bond acceptors (Lipinski definition) is 4. The first kappa shape index (κ1) is 18.6. The van der Waals surface area contributed by atoms with Gasteiger partial charge in [0.15, 0.2) is 0 Å². The summed E-state index contributed by atoms with van der Waals surface area (Å²) < 4.78 is 0. The van der Waals surface area contributed by atoms with Gasteiger partial charge in [-0.2, -0.15) is 10.2 Å². The minimum atomic E-state index is -0.421. The van der Waals surface area contributed by atoms with Gasteiger partial charge < -0.3 is 5.11 Å². The van der Waals surface area contributed by atoms with Crippen LogP contribution < -0.4 is 5.43 Å². The molecule has 0 radical (unpaired) electrons. The Kier molecular flexibility index (Phi) is 4.65. The Labute approximate surface area is 177 Å². The fourth-order valence-corrected chi connectivity index (χ4v) is 3.66. The molecule has 3 N–H and O–H groups in total. The number of phenols is 1. The number of carbonyl (C=O) groups excluding carboxylic acids is 1. The Morgan fingerprint density at radius 2 is 1.61 bits per heavy atom. The molecule has 0 saturated carbocycles. The number of hydrazone groups is 1. The number of carbonyl (C=O) groups is 1. The molecule has 0 saturated heterocycles. The molecule has 0 unspecified atom stereocenters. The molecule has 6 nitrogen and oxygen atoms in total. The summed E-state index contributed by atoms with van der Waals surface area (Å²) in [6.07, 6.45) is 1.44. The molecular formula is C25H18N4O2. The van der Waals surface area contributed by atoms with Crippen molar-refractivity contribution in [3.63, 3.8) is 0 Å². The molecule has 0 spiro atoms. The van der Waals surface area contributed by atoms with E-state index < -0.39 is 5.91 Å². The number of rotatable bonds is 4. The number of nitrogens with one attached hydrogen (secondary N) is 2. The average molecular weight is 406 g/mol. The number of phenolic OH excluding ortho intramolecular Hbond substituents is 1. The second-order valence-corrected chi connectivity index (χ2v) is 7.11. The minimum Gasteiger partial charge on any atom is -0.507 e. The van der Waals surface area contributed by atoms with E-state index >= 15 is 0 Å². The number of aromatic hydroxyl groups is 1. The van der Waals surface area contributed by atoms with Crippen LogP contribution in [0.4, 0.5) is 0 Å². The monoisotopic (exact) mass is 406 g/mol. The van der Waals surface area contributed by atoms with Gasteiger partial charge >= 0.3 is 0 Å². The third-order valence-corrected chi connectivity index (χ3v) is 5.20. The molecule has 0 bridgehead atoms. The van der Waals surface area contributed by atoms with Gasteiger partial charge in [0.2, 0.25) is 0 Å². The zero-order valence-electron chi connectivity index (χ0n) is 16.4. The van der Waals surface area contributed by atoms with Crippen LogP contribution in [0, 0.1) is 0 Å². The van der Waals surface area contributed by atoms with E-state index in [2.05, 4.69) is 20.7 Å². The molecule has 6 heteroatoms. The highest BCUT2D eigenvalue weighted by Gasteiger charge is 2.12. The van der Waals surface area contributed by atoms with Crippen LogP contribution in [0.3, 0.4) is 0 Å². The normalized spacial score (nSPS) is 11.4. The van der Waals surface area contributed by atoms with Crippen molar-refractivity contribution in [1.82, 2.24) is 15.6 Å². The number of aromatic amines is 1. The van der Waals surface area contributed by atoms with E-state index in [-0.39, 0.29) is 5.75 Å². The van der Waals surface area contributed by atoms with Gasteiger partial charge in [0.05, 0.1) is 11.9 Å². The topological polar surface area (TPSA) is 90.4 Å². The molecule has 0 fully saturated rings. The first-order chi connectivity index (χ1) is 15.2. The van der Waals surface area contributed by atoms with E-state index in [0.717, 1.165) is 27.1 Å². The van der Waals surface area contributed by atoms with Crippen LogP contribution >= 0.6 is 0 Å². The summed E-state index contributed by atoms with van der Waals surface area (Å²) >= 11 is 0. The largest absolute Gasteiger partial charge is 0.507 e. The van der Waals surface area contributed by atoms with E-state index in [0.29, 0.717) is 17.0 Å². The highest BCUT2D eigenvalue weighted by molar-refractivity contribution is 6.03. The zero-order valence-corrected chi connectivity index (χ0v) is 16.4. The third-order valence-electron chi connectivity index (χ3n) is 5.20. The predicted molar refractivity (Wildman–Crippen MR) is 122 cm³/mol. The molecule has 5 rings (SSSR count). The van der Waals surface area contributed by atoms with Crippen molar-refractivity contribution < 1.29 is 9.90 Å². The van der Waals surface area contributed by atoms with Crippen LogP contribution in [-0.4, -0.2) is 27.4 Å². The first-order valence-electron chi connectivity index (χ1n) is 9.78. The molecular weight excluding hydrogens is 388 g/mol. The van der Waals surface area contributed by atoms with E-state index in [1.165, 1.54) is 6.21 Å². The van der Waals surface area contributed by atoms with Crippen molar-refractivity contribution in [3.05, 3.63) is 96.2 Å². The van der Waals surface area contributed by atoms with E-state index in [1.807, 2.05) is 72.8 Å². The minimum absolute atomic E-state index is 0.0940. The molecule has 0 aliphatic heterocycles. The van der Waals surface area contributed by atoms with Gasteiger partial charge in [0, 0.05) is 11.1 Å². The molecule has 0 aliphatic carbocycles. The van der Waals surface area contributed by atoms with Gasteiger partial charge in [0.25, 0.3) is 5.91 Å². The van der Waals surface area contributed by atoms with Gasteiger partial charge in [-0.3, -0.25) is 9.89 Å². The lowest BCUT2D eigenvalue weighted by Crippen LogP contribution is -2.18. The van der Waals surface area contributed by atoms with Crippen LogP contribution in [0.1, 0.15) is 16.1 Å². The zero-order chi connectivity index (χ0) is 21.2. The molecule has 1 aromatic heterocycles. The quantitative estimate of drug-likeness (QED) is 0.294. The number of amides is 1. The molecule has 4 aromatic carbocycles. The lowest BCUT2D eigenvalue weighted by Gasteiger charge is -2.04. The van der Waals surface area contributed by atoms with Crippen molar-refractivity contribution in [1.29, 1.82) is 0 Å². The summed E-state index contributed by atoms with van der Waals surface area (Å²) in [4.78, 5) is 12.5. The van der Waals surface area contributed by atoms with Crippen molar-refractivity contribution in [2.75, 3.05) is 0 Å². The van der Waals surface area contributed by atoms with E-state index in [4.69, 9.17) is 0 Å². The van der Waals surface area contributed by atoms with E-state index in [1.54, 1.807) is 12.1 Å². The molecule has 1 heterocycles.